The second-order valence-corrected chi connectivity index (χ2v) is 7.73. The quantitative estimate of drug-likeness (QED) is 0.591. The number of amides is 2. The number of halogens is 1. The van der Waals surface area contributed by atoms with E-state index in [-0.39, 0.29) is 18.4 Å². The van der Waals surface area contributed by atoms with Crippen LogP contribution in [-0.2, 0) is 16.1 Å². The molecule has 0 radical (unpaired) electrons. The summed E-state index contributed by atoms with van der Waals surface area (Å²) in [6.07, 6.45) is 0.493. The van der Waals surface area contributed by atoms with Crippen molar-refractivity contribution in [3.05, 3.63) is 58.1 Å². The van der Waals surface area contributed by atoms with Crippen molar-refractivity contribution < 1.29 is 19.1 Å². The lowest BCUT2D eigenvalue weighted by Gasteiger charge is -2.30. The van der Waals surface area contributed by atoms with E-state index in [0.717, 1.165) is 22.4 Å². The van der Waals surface area contributed by atoms with E-state index in [1.807, 2.05) is 52.0 Å². The summed E-state index contributed by atoms with van der Waals surface area (Å²) in [6, 6.07) is 10.5. The lowest BCUT2D eigenvalue weighted by molar-refractivity contribution is -0.142. The summed E-state index contributed by atoms with van der Waals surface area (Å²) in [4.78, 5) is 27.4. The van der Waals surface area contributed by atoms with Crippen molar-refractivity contribution in [2.75, 3.05) is 20.3 Å². The fraction of sp³-hybridized carbons (Fsp3) is 0.417. The van der Waals surface area contributed by atoms with Gasteiger partial charge in [-0.3, -0.25) is 9.59 Å². The molecule has 2 amide bonds. The van der Waals surface area contributed by atoms with Crippen LogP contribution in [0.1, 0.15) is 37.0 Å². The molecule has 0 heterocycles. The van der Waals surface area contributed by atoms with E-state index in [1.54, 1.807) is 24.1 Å². The van der Waals surface area contributed by atoms with Crippen molar-refractivity contribution in [3.63, 3.8) is 0 Å². The third-order valence-electron chi connectivity index (χ3n) is 5.02. The molecule has 1 atom stereocenters. The smallest absolute Gasteiger partial charge is 0.261 e. The molecule has 1 unspecified atom stereocenters. The van der Waals surface area contributed by atoms with E-state index in [9.17, 15) is 9.59 Å². The van der Waals surface area contributed by atoms with Gasteiger partial charge in [-0.15, -0.1) is 0 Å². The summed E-state index contributed by atoms with van der Waals surface area (Å²) in [6.45, 7) is 8.15. The maximum absolute atomic E-state index is 13.2. The Morgan fingerprint density at radius 2 is 1.68 bits per heavy atom. The maximum atomic E-state index is 13.2. The Kier molecular flexibility index (Phi) is 9.19. The SMILES string of the molecule is CCNC(=O)C(CC)N(Cc1ccc(OC)cc1)C(=O)COc1cc(C)c(Cl)c(C)c1. The molecule has 168 valence electrons. The zero-order chi connectivity index (χ0) is 23.0. The van der Waals surface area contributed by atoms with Gasteiger partial charge in [0.15, 0.2) is 6.61 Å². The molecule has 0 bridgehead atoms. The van der Waals surface area contributed by atoms with Gasteiger partial charge in [0.05, 0.1) is 7.11 Å². The molecule has 0 saturated heterocycles. The molecule has 31 heavy (non-hydrogen) atoms. The Morgan fingerprint density at radius 1 is 1.06 bits per heavy atom. The van der Waals surface area contributed by atoms with Gasteiger partial charge in [-0.05, 0) is 68.1 Å². The summed E-state index contributed by atoms with van der Waals surface area (Å²) in [5, 5.41) is 3.51. The number of nitrogens with zero attached hydrogens (tertiary/aromatic N) is 1. The van der Waals surface area contributed by atoms with Crippen molar-refractivity contribution >= 4 is 23.4 Å². The average molecular weight is 447 g/mol. The summed E-state index contributed by atoms with van der Waals surface area (Å²) < 4.78 is 11.0. The van der Waals surface area contributed by atoms with Crippen molar-refractivity contribution in [2.24, 2.45) is 0 Å². The number of hydrogen-bond acceptors (Lipinski definition) is 4. The third-order valence-corrected chi connectivity index (χ3v) is 5.62. The molecule has 0 aliphatic carbocycles. The maximum Gasteiger partial charge on any atom is 0.261 e. The van der Waals surface area contributed by atoms with Crippen molar-refractivity contribution in [1.82, 2.24) is 10.2 Å². The van der Waals surface area contributed by atoms with Gasteiger partial charge >= 0.3 is 0 Å². The van der Waals surface area contributed by atoms with E-state index < -0.39 is 6.04 Å². The monoisotopic (exact) mass is 446 g/mol. The predicted molar refractivity (Wildman–Crippen MR) is 123 cm³/mol. The number of methoxy groups -OCH3 is 1. The first-order valence-corrected chi connectivity index (χ1v) is 10.8. The van der Waals surface area contributed by atoms with Gasteiger partial charge in [0, 0.05) is 18.1 Å². The van der Waals surface area contributed by atoms with E-state index in [4.69, 9.17) is 21.1 Å². The van der Waals surface area contributed by atoms with Crippen LogP contribution in [0.2, 0.25) is 5.02 Å². The molecule has 0 fully saturated rings. The van der Waals surface area contributed by atoms with Gasteiger partial charge < -0.3 is 19.7 Å². The first-order chi connectivity index (χ1) is 14.8. The normalized spacial score (nSPS) is 11.5. The summed E-state index contributed by atoms with van der Waals surface area (Å²) in [7, 11) is 1.60. The average Bonchev–Trinajstić information content (AvgIpc) is 2.76. The van der Waals surface area contributed by atoms with Crippen LogP contribution in [0.15, 0.2) is 36.4 Å². The molecule has 6 nitrogen and oxygen atoms in total. The summed E-state index contributed by atoms with van der Waals surface area (Å²) in [5.74, 6) is 0.863. The minimum atomic E-state index is -0.591. The first kappa shape index (κ1) is 24.5. The molecule has 1 N–H and O–H groups in total. The molecular weight excluding hydrogens is 416 g/mol. The Balaban J connectivity index is 2.22. The minimum absolute atomic E-state index is 0.174. The third kappa shape index (κ3) is 6.62. The van der Waals surface area contributed by atoms with Crippen LogP contribution in [0.25, 0.3) is 0 Å². The van der Waals surface area contributed by atoms with E-state index in [2.05, 4.69) is 5.32 Å². The highest BCUT2D eigenvalue weighted by atomic mass is 35.5. The van der Waals surface area contributed by atoms with Crippen molar-refractivity contribution in [2.45, 2.75) is 46.7 Å². The first-order valence-electron chi connectivity index (χ1n) is 10.4. The number of ether oxygens (including phenoxy) is 2. The number of aryl methyl sites for hydroxylation is 2. The zero-order valence-electron chi connectivity index (χ0n) is 18.8. The highest BCUT2D eigenvalue weighted by Gasteiger charge is 2.28. The zero-order valence-corrected chi connectivity index (χ0v) is 19.6. The second kappa shape index (κ2) is 11.6. The predicted octanol–water partition coefficient (Wildman–Crippen LogP) is 4.29. The molecule has 0 aliphatic heterocycles. The lowest BCUT2D eigenvalue weighted by atomic mass is 10.1. The van der Waals surface area contributed by atoms with E-state index in [1.165, 1.54) is 0 Å². The van der Waals surface area contributed by atoms with Crippen LogP contribution in [0.5, 0.6) is 11.5 Å². The standard InChI is InChI=1S/C24H31ClN2O4/c1-6-21(24(29)26-7-2)27(14-18-8-10-19(30-5)11-9-18)22(28)15-31-20-12-16(3)23(25)17(4)13-20/h8-13,21H,6-7,14-15H2,1-5H3,(H,26,29). The van der Waals surface area contributed by atoms with Crippen molar-refractivity contribution in [3.8, 4) is 11.5 Å². The fourth-order valence-corrected chi connectivity index (χ4v) is 3.47. The Hall–Kier alpha value is -2.73. The number of carbonyl (C=O) groups excluding carboxylic acids is 2. The molecule has 0 spiro atoms. The van der Waals surface area contributed by atoms with E-state index >= 15 is 0 Å². The molecular formula is C24H31ClN2O4. The Bertz CT molecular complexity index is 876. The minimum Gasteiger partial charge on any atom is -0.497 e. The van der Waals surface area contributed by atoms with Gasteiger partial charge in [0.2, 0.25) is 5.91 Å². The molecule has 2 aromatic rings. The van der Waals surface area contributed by atoms with Gasteiger partial charge in [0.1, 0.15) is 17.5 Å². The molecule has 0 aromatic heterocycles. The van der Waals surface area contributed by atoms with Crippen molar-refractivity contribution in [1.29, 1.82) is 0 Å². The fourth-order valence-electron chi connectivity index (χ4n) is 3.36. The Morgan fingerprint density at radius 3 is 2.19 bits per heavy atom. The molecule has 0 saturated carbocycles. The van der Waals surface area contributed by atoms with Crippen LogP contribution < -0.4 is 14.8 Å². The number of carbonyl (C=O) groups is 2. The van der Waals surface area contributed by atoms with Gasteiger partial charge in [0.25, 0.3) is 5.91 Å². The van der Waals surface area contributed by atoms with Crippen LogP contribution in [0, 0.1) is 13.8 Å². The Labute approximate surface area is 189 Å². The number of rotatable bonds is 10. The van der Waals surface area contributed by atoms with Gasteiger partial charge in [-0.2, -0.15) is 0 Å². The van der Waals surface area contributed by atoms with Gasteiger partial charge in [-0.25, -0.2) is 0 Å². The van der Waals surface area contributed by atoms with Crippen LogP contribution >= 0.6 is 11.6 Å². The summed E-state index contributed by atoms with van der Waals surface area (Å²) >= 11 is 6.22. The van der Waals surface area contributed by atoms with Crippen LogP contribution in [0.3, 0.4) is 0 Å². The number of nitrogens with one attached hydrogen (secondary N) is 1. The molecule has 0 aliphatic rings. The van der Waals surface area contributed by atoms with Crippen LogP contribution in [-0.4, -0.2) is 43.0 Å². The van der Waals surface area contributed by atoms with Gasteiger partial charge in [-0.1, -0.05) is 30.7 Å². The second-order valence-electron chi connectivity index (χ2n) is 7.35. The lowest BCUT2D eigenvalue weighted by Crippen LogP contribution is -2.50. The van der Waals surface area contributed by atoms with E-state index in [0.29, 0.717) is 30.3 Å². The highest BCUT2D eigenvalue weighted by Crippen LogP contribution is 2.26. The summed E-state index contributed by atoms with van der Waals surface area (Å²) in [5.41, 5.74) is 2.66. The largest absolute Gasteiger partial charge is 0.497 e. The molecule has 7 heteroatoms. The number of hydrogen-bond donors (Lipinski definition) is 1. The van der Waals surface area contributed by atoms with Crippen LogP contribution in [0.4, 0.5) is 0 Å². The highest BCUT2D eigenvalue weighted by molar-refractivity contribution is 6.32. The molecule has 2 rings (SSSR count). The topological polar surface area (TPSA) is 67.9 Å². The number of likely N-dealkylation sites (N-methyl/N-ethyl adjacent to an activating group) is 1. The molecule has 2 aromatic carbocycles. The number of benzene rings is 2.